The van der Waals surface area contributed by atoms with Gasteiger partial charge in [-0.25, -0.2) is 0 Å². The van der Waals surface area contributed by atoms with Crippen molar-refractivity contribution >= 4 is 5.91 Å². The standard InChI is InChI=1S/C13H24N2O2/c1-3-5-6-7-8-14-11-9-17-10-12(11)15-13(16)4-2/h4,11-12,14H,2-3,5-10H2,1H3,(H,15,16). The van der Waals surface area contributed by atoms with Crippen molar-refractivity contribution in [3.63, 3.8) is 0 Å². The first kappa shape index (κ1) is 14.2. The van der Waals surface area contributed by atoms with Gasteiger partial charge >= 0.3 is 0 Å². The third-order valence-corrected chi connectivity index (χ3v) is 3.03. The molecule has 2 N–H and O–H groups in total. The maximum atomic E-state index is 11.2. The van der Waals surface area contributed by atoms with Crippen LogP contribution in [-0.4, -0.2) is 37.7 Å². The van der Waals surface area contributed by atoms with Crippen LogP contribution in [0.3, 0.4) is 0 Å². The minimum Gasteiger partial charge on any atom is -0.378 e. The highest BCUT2D eigenvalue weighted by molar-refractivity contribution is 5.87. The maximum Gasteiger partial charge on any atom is 0.243 e. The fourth-order valence-corrected chi connectivity index (χ4v) is 1.98. The normalized spacial score (nSPS) is 23.6. The molecule has 0 spiro atoms. The minimum absolute atomic E-state index is 0.0756. The van der Waals surface area contributed by atoms with E-state index in [1.54, 1.807) is 0 Å². The van der Waals surface area contributed by atoms with E-state index in [1.807, 2.05) is 0 Å². The molecule has 0 radical (unpaired) electrons. The number of hydrogen-bond donors (Lipinski definition) is 2. The zero-order valence-corrected chi connectivity index (χ0v) is 10.7. The SMILES string of the molecule is C=CC(=O)NC1COCC1NCCCCCC. The monoisotopic (exact) mass is 240 g/mol. The quantitative estimate of drug-likeness (QED) is 0.495. The van der Waals surface area contributed by atoms with Crippen LogP contribution in [0.2, 0.25) is 0 Å². The number of nitrogens with one attached hydrogen (secondary N) is 2. The molecule has 0 aromatic rings. The van der Waals surface area contributed by atoms with Gasteiger partial charge in [0.2, 0.25) is 5.91 Å². The Labute approximate surface area is 104 Å². The van der Waals surface area contributed by atoms with Crippen LogP contribution in [0.5, 0.6) is 0 Å². The van der Waals surface area contributed by atoms with Crippen molar-refractivity contribution < 1.29 is 9.53 Å². The first-order valence-corrected chi connectivity index (χ1v) is 6.52. The zero-order chi connectivity index (χ0) is 12.5. The van der Waals surface area contributed by atoms with Crippen LogP contribution in [0.25, 0.3) is 0 Å². The molecule has 4 heteroatoms. The molecular weight excluding hydrogens is 216 g/mol. The molecule has 98 valence electrons. The molecular formula is C13H24N2O2. The molecule has 1 fully saturated rings. The second kappa shape index (κ2) is 8.25. The molecule has 0 bridgehead atoms. The van der Waals surface area contributed by atoms with Gasteiger partial charge in [-0.05, 0) is 19.0 Å². The summed E-state index contributed by atoms with van der Waals surface area (Å²) in [6.45, 7) is 7.92. The second-order valence-corrected chi connectivity index (χ2v) is 4.48. The topological polar surface area (TPSA) is 50.4 Å². The van der Waals surface area contributed by atoms with Crippen molar-refractivity contribution in [1.29, 1.82) is 0 Å². The summed E-state index contributed by atoms with van der Waals surface area (Å²) in [5.74, 6) is -0.127. The van der Waals surface area contributed by atoms with Gasteiger partial charge in [-0.3, -0.25) is 4.79 Å². The van der Waals surface area contributed by atoms with Crippen molar-refractivity contribution in [3.8, 4) is 0 Å². The summed E-state index contributed by atoms with van der Waals surface area (Å²) in [5, 5.41) is 6.33. The average Bonchev–Trinajstić information content (AvgIpc) is 2.76. The lowest BCUT2D eigenvalue weighted by atomic mass is 10.1. The van der Waals surface area contributed by atoms with Crippen molar-refractivity contribution in [2.45, 2.75) is 44.7 Å². The summed E-state index contributed by atoms with van der Waals surface area (Å²) in [6.07, 6.45) is 6.30. The molecule has 1 heterocycles. The number of unbranched alkanes of at least 4 members (excludes halogenated alkanes) is 3. The van der Waals surface area contributed by atoms with Crippen molar-refractivity contribution in [2.24, 2.45) is 0 Å². The van der Waals surface area contributed by atoms with E-state index in [2.05, 4.69) is 24.1 Å². The Morgan fingerprint density at radius 3 is 2.82 bits per heavy atom. The summed E-state index contributed by atoms with van der Waals surface area (Å²) >= 11 is 0. The van der Waals surface area contributed by atoms with Crippen LogP contribution < -0.4 is 10.6 Å². The van der Waals surface area contributed by atoms with E-state index in [4.69, 9.17) is 4.74 Å². The van der Waals surface area contributed by atoms with Gasteiger partial charge in [0.25, 0.3) is 0 Å². The molecule has 0 aromatic heterocycles. The third-order valence-electron chi connectivity index (χ3n) is 3.03. The van der Waals surface area contributed by atoms with E-state index in [0.717, 1.165) is 6.54 Å². The molecule has 17 heavy (non-hydrogen) atoms. The lowest BCUT2D eigenvalue weighted by Crippen LogP contribution is -2.49. The molecule has 1 rings (SSSR count). The Bertz CT molecular complexity index is 244. The number of carbonyl (C=O) groups excluding carboxylic acids is 1. The number of ether oxygens (including phenoxy) is 1. The summed E-state index contributed by atoms with van der Waals surface area (Å²) in [7, 11) is 0. The molecule has 1 aliphatic heterocycles. The highest BCUT2D eigenvalue weighted by Gasteiger charge is 2.28. The van der Waals surface area contributed by atoms with Gasteiger partial charge in [0.05, 0.1) is 25.3 Å². The summed E-state index contributed by atoms with van der Waals surface area (Å²) in [5.41, 5.74) is 0. The molecule has 1 saturated heterocycles. The molecule has 1 amide bonds. The average molecular weight is 240 g/mol. The predicted octanol–water partition coefficient (Wildman–Crippen LogP) is 1.23. The Kier molecular flexibility index (Phi) is 6.89. The van der Waals surface area contributed by atoms with Gasteiger partial charge < -0.3 is 15.4 Å². The fraction of sp³-hybridized carbons (Fsp3) is 0.769. The Morgan fingerprint density at radius 1 is 1.35 bits per heavy atom. The van der Waals surface area contributed by atoms with E-state index in [1.165, 1.54) is 31.8 Å². The number of carbonyl (C=O) groups is 1. The van der Waals surface area contributed by atoms with Gasteiger partial charge in [-0.15, -0.1) is 0 Å². The van der Waals surface area contributed by atoms with E-state index in [0.29, 0.717) is 13.2 Å². The van der Waals surface area contributed by atoms with Gasteiger partial charge in [0.15, 0.2) is 0 Å². The van der Waals surface area contributed by atoms with Gasteiger partial charge in [-0.2, -0.15) is 0 Å². The molecule has 2 atom stereocenters. The molecule has 2 unspecified atom stereocenters. The number of amides is 1. The van der Waals surface area contributed by atoms with Crippen molar-refractivity contribution in [1.82, 2.24) is 10.6 Å². The van der Waals surface area contributed by atoms with Gasteiger partial charge in [-0.1, -0.05) is 32.8 Å². The second-order valence-electron chi connectivity index (χ2n) is 4.48. The fourth-order valence-electron chi connectivity index (χ4n) is 1.98. The van der Waals surface area contributed by atoms with E-state index in [-0.39, 0.29) is 18.0 Å². The Balaban J connectivity index is 2.17. The van der Waals surface area contributed by atoms with Crippen LogP contribution in [0.4, 0.5) is 0 Å². The third kappa shape index (κ3) is 5.33. The van der Waals surface area contributed by atoms with Crippen LogP contribution >= 0.6 is 0 Å². The summed E-state index contributed by atoms with van der Waals surface area (Å²) in [4.78, 5) is 11.2. The highest BCUT2D eigenvalue weighted by atomic mass is 16.5. The van der Waals surface area contributed by atoms with Crippen molar-refractivity contribution in [3.05, 3.63) is 12.7 Å². The lowest BCUT2D eigenvalue weighted by Gasteiger charge is -2.19. The first-order valence-electron chi connectivity index (χ1n) is 6.52. The lowest BCUT2D eigenvalue weighted by molar-refractivity contribution is -0.117. The molecule has 0 aliphatic carbocycles. The first-order chi connectivity index (χ1) is 8.27. The maximum absolute atomic E-state index is 11.2. The summed E-state index contributed by atoms with van der Waals surface area (Å²) in [6, 6.07) is 0.312. The Morgan fingerprint density at radius 2 is 2.12 bits per heavy atom. The van der Waals surface area contributed by atoms with Crippen molar-refractivity contribution in [2.75, 3.05) is 19.8 Å². The van der Waals surface area contributed by atoms with Crippen LogP contribution in [0, 0.1) is 0 Å². The molecule has 4 nitrogen and oxygen atoms in total. The van der Waals surface area contributed by atoms with Crippen LogP contribution in [0.1, 0.15) is 32.6 Å². The van der Waals surface area contributed by atoms with E-state index >= 15 is 0 Å². The number of hydrogen-bond acceptors (Lipinski definition) is 3. The molecule has 1 aliphatic rings. The number of rotatable bonds is 8. The van der Waals surface area contributed by atoms with E-state index < -0.39 is 0 Å². The summed E-state index contributed by atoms with van der Waals surface area (Å²) < 4.78 is 5.38. The van der Waals surface area contributed by atoms with E-state index in [9.17, 15) is 4.79 Å². The molecule has 0 saturated carbocycles. The largest absolute Gasteiger partial charge is 0.378 e. The molecule has 0 aromatic carbocycles. The smallest absolute Gasteiger partial charge is 0.243 e. The Hall–Kier alpha value is -0.870. The zero-order valence-electron chi connectivity index (χ0n) is 10.7. The van der Waals surface area contributed by atoms with Gasteiger partial charge in [0, 0.05) is 0 Å². The van der Waals surface area contributed by atoms with Crippen LogP contribution in [0.15, 0.2) is 12.7 Å². The van der Waals surface area contributed by atoms with Crippen LogP contribution in [-0.2, 0) is 9.53 Å². The highest BCUT2D eigenvalue weighted by Crippen LogP contribution is 2.06. The minimum atomic E-state index is -0.127. The van der Waals surface area contributed by atoms with Gasteiger partial charge in [0.1, 0.15) is 0 Å². The predicted molar refractivity (Wildman–Crippen MR) is 68.9 cm³/mol.